The topological polar surface area (TPSA) is 15.3 Å². The second-order valence-corrected chi connectivity index (χ2v) is 4.33. The summed E-state index contributed by atoms with van der Waals surface area (Å²) >= 11 is 0. The molecule has 1 aliphatic heterocycles. The Morgan fingerprint density at radius 1 is 1.50 bits per heavy atom. The molecular formula is C10H22N2. The molecule has 1 atom stereocenters. The van der Waals surface area contributed by atoms with Gasteiger partial charge in [0.05, 0.1) is 0 Å². The Balaban J connectivity index is 2.49. The van der Waals surface area contributed by atoms with E-state index in [4.69, 9.17) is 0 Å². The summed E-state index contributed by atoms with van der Waals surface area (Å²) in [5.41, 5.74) is 0.361. The summed E-state index contributed by atoms with van der Waals surface area (Å²) in [6, 6.07) is 0. The first-order chi connectivity index (χ1) is 5.66. The van der Waals surface area contributed by atoms with E-state index in [0.29, 0.717) is 5.54 Å². The van der Waals surface area contributed by atoms with Crippen molar-refractivity contribution in [1.82, 2.24) is 10.2 Å². The molecule has 12 heavy (non-hydrogen) atoms. The lowest BCUT2D eigenvalue weighted by molar-refractivity contribution is 0.243. The predicted octanol–water partition coefficient (Wildman–Crippen LogP) is 1.47. The van der Waals surface area contributed by atoms with E-state index in [-0.39, 0.29) is 0 Å². The second-order valence-electron chi connectivity index (χ2n) is 4.33. The van der Waals surface area contributed by atoms with Crippen LogP contribution >= 0.6 is 0 Å². The first kappa shape index (κ1) is 10.0. The van der Waals surface area contributed by atoms with Crippen LogP contribution in [0.2, 0.25) is 0 Å². The van der Waals surface area contributed by atoms with E-state index in [0.717, 1.165) is 0 Å². The summed E-state index contributed by atoms with van der Waals surface area (Å²) in [4.78, 5) is 2.44. The van der Waals surface area contributed by atoms with Crippen molar-refractivity contribution >= 4 is 0 Å². The van der Waals surface area contributed by atoms with Crippen molar-refractivity contribution in [1.29, 1.82) is 0 Å². The third-order valence-corrected chi connectivity index (χ3v) is 2.69. The molecule has 1 fully saturated rings. The first-order valence-electron chi connectivity index (χ1n) is 5.10. The van der Waals surface area contributed by atoms with E-state index in [1.54, 1.807) is 0 Å². The van der Waals surface area contributed by atoms with Crippen molar-refractivity contribution in [2.75, 3.05) is 26.7 Å². The van der Waals surface area contributed by atoms with Crippen LogP contribution in [0.15, 0.2) is 0 Å². The average molecular weight is 170 g/mol. The molecule has 0 aromatic rings. The first-order valence-corrected chi connectivity index (χ1v) is 5.10. The van der Waals surface area contributed by atoms with E-state index < -0.39 is 0 Å². The third-order valence-electron chi connectivity index (χ3n) is 2.69. The largest absolute Gasteiger partial charge is 0.310 e. The second kappa shape index (κ2) is 4.24. The minimum absolute atomic E-state index is 0.361. The number of nitrogens with one attached hydrogen (secondary N) is 1. The van der Waals surface area contributed by atoms with Crippen LogP contribution in [0.25, 0.3) is 0 Å². The van der Waals surface area contributed by atoms with E-state index in [9.17, 15) is 0 Å². The van der Waals surface area contributed by atoms with Crippen LogP contribution < -0.4 is 5.32 Å². The highest BCUT2D eigenvalue weighted by Gasteiger charge is 2.25. The van der Waals surface area contributed by atoms with Crippen molar-refractivity contribution in [2.45, 2.75) is 38.6 Å². The number of hydrogen-bond acceptors (Lipinski definition) is 2. The van der Waals surface area contributed by atoms with Gasteiger partial charge < -0.3 is 10.2 Å². The summed E-state index contributed by atoms with van der Waals surface area (Å²) in [6.07, 6.45) is 3.85. The van der Waals surface area contributed by atoms with Gasteiger partial charge >= 0.3 is 0 Å². The van der Waals surface area contributed by atoms with E-state index >= 15 is 0 Å². The number of likely N-dealkylation sites (N-methyl/N-ethyl adjacent to an activating group) is 1. The summed E-state index contributed by atoms with van der Waals surface area (Å²) < 4.78 is 0. The van der Waals surface area contributed by atoms with Crippen LogP contribution in [0.1, 0.15) is 33.1 Å². The fourth-order valence-corrected chi connectivity index (χ4v) is 2.19. The molecule has 0 aromatic carbocycles. The van der Waals surface area contributed by atoms with Gasteiger partial charge in [-0.1, -0.05) is 13.3 Å². The molecule has 1 N–H and O–H groups in total. The lowest BCUT2D eigenvalue weighted by Gasteiger charge is -2.31. The molecule has 1 rings (SSSR count). The normalized spacial score (nSPS) is 33.2. The Hall–Kier alpha value is -0.0800. The highest BCUT2D eigenvalue weighted by atomic mass is 15.2. The molecule has 1 unspecified atom stereocenters. The molecule has 2 nitrogen and oxygen atoms in total. The lowest BCUT2D eigenvalue weighted by Crippen LogP contribution is -2.48. The fraction of sp³-hybridized carbons (Fsp3) is 1.00. The fourth-order valence-electron chi connectivity index (χ4n) is 2.19. The minimum Gasteiger partial charge on any atom is -0.310 e. The molecule has 1 saturated heterocycles. The van der Waals surface area contributed by atoms with Crippen LogP contribution in [0, 0.1) is 0 Å². The van der Waals surface area contributed by atoms with Crippen LogP contribution in [-0.4, -0.2) is 37.1 Å². The Morgan fingerprint density at radius 2 is 2.25 bits per heavy atom. The highest BCUT2D eigenvalue weighted by molar-refractivity contribution is 4.87. The van der Waals surface area contributed by atoms with Gasteiger partial charge in [0, 0.05) is 12.1 Å². The molecule has 72 valence electrons. The average Bonchev–Trinajstić information content (AvgIpc) is 2.12. The summed E-state index contributed by atoms with van der Waals surface area (Å²) in [5.74, 6) is 0. The van der Waals surface area contributed by atoms with Gasteiger partial charge in [0.1, 0.15) is 0 Å². The zero-order valence-electron chi connectivity index (χ0n) is 8.69. The van der Waals surface area contributed by atoms with E-state index in [1.807, 2.05) is 0 Å². The quantitative estimate of drug-likeness (QED) is 0.675. The molecule has 0 bridgehead atoms. The number of rotatable bonds is 2. The van der Waals surface area contributed by atoms with Gasteiger partial charge in [0.2, 0.25) is 0 Å². The molecule has 0 aliphatic carbocycles. The van der Waals surface area contributed by atoms with Crippen molar-refractivity contribution in [2.24, 2.45) is 0 Å². The van der Waals surface area contributed by atoms with Gasteiger partial charge in [-0.25, -0.2) is 0 Å². The third kappa shape index (κ3) is 2.76. The zero-order chi connectivity index (χ0) is 9.03. The molecular weight excluding hydrogens is 148 g/mol. The van der Waals surface area contributed by atoms with Crippen molar-refractivity contribution in [3.8, 4) is 0 Å². The molecule has 1 heterocycles. The molecule has 1 aliphatic rings. The lowest BCUT2D eigenvalue weighted by atomic mass is 9.96. The maximum Gasteiger partial charge on any atom is 0.0280 e. The van der Waals surface area contributed by atoms with Gasteiger partial charge in [0.15, 0.2) is 0 Å². The molecule has 0 radical (unpaired) electrons. The minimum atomic E-state index is 0.361. The van der Waals surface area contributed by atoms with Gasteiger partial charge in [-0.3, -0.25) is 0 Å². The smallest absolute Gasteiger partial charge is 0.0280 e. The van der Waals surface area contributed by atoms with Crippen molar-refractivity contribution in [3.63, 3.8) is 0 Å². The Bertz CT molecular complexity index is 136. The summed E-state index contributed by atoms with van der Waals surface area (Å²) in [6.45, 7) is 8.23. The van der Waals surface area contributed by atoms with Crippen molar-refractivity contribution < 1.29 is 0 Å². The maximum atomic E-state index is 3.65. The summed E-state index contributed by atoms with van der Waals surface area (Å²) in [7, 11) is 2.22. The Morgan fingerprint density at radius 3 is 2.92 bits per heavy atom. The van der Waals surface area contributed by atoms with Crippen molar-refractivity contribution in [3.05, 3.63) is 0 Å². The molecule has 2 heteroatoms. The summed E-state index contributed by atoms with van der Waals surface area (Å²) in [5, 5.41) is 3.65. The molecule has 0 saturated carbocycles. The number of hydrogen-bond donors (Lipinski definition) is 1. The Kier molecular flexibility index (Phi) is 3.53. The predicted molar refractivity (Wildman–Crippen MR) is 53.4 cm³/mol. The SMILES string of the molecule is CCCC1(C)CN(C)CCCN1. The van der Waals surface area contributed by atoms with Crippen LogP contribution in [0.3, 0.4) is 0 Å². The van der Waals surface area contributed by atoms with Gasteiger partial charge in [-0.15, -0.1) is 0 Å². The molecule has 0 amide bonds. The van der Waals surface area contributed by atoms with Gasteiger partial charge in [-0.2, -0.15) is 0 Å². The molecule has 0 spiro atoms. The van der Waals surface area contributed by atoms with Crippen LogP contribution in [0.5, 0.6) is 0 Å². The molecule has 0 aromatic heterocycles. The maximum absolute atomic E-state index is 3.65. The van der Waals surface area contributed by atoms with Gasteiger partial charge in [-0.05, 0) is 39.9 Å². The van der Waals surface area contributed by atoms with Gasteiger partial charge in [0.25, 0.3) is 0 Å². The van der Waals surface area contributed by atoms with E-state index in [1.165, 1.54) is 38.9 Å². The standard InChI is InChI=1S/C10H22N2/c1-4-6-10(2)9-12(3)8-5-7-11-10/h11H,4-9H2,1-3H3. The Labute approximate surface area is 76.3 Å². The monoisotopic (exact) mass is 170 g/mol. The van der Waals surface area contributed by atoms with E-state index in [2.05, 4.69) is 31.1 Å². The zero-order valence-corrected chi connectivity index (χ0v) is 8.69. The van der Waals surface area contributed by atoms with Crippen LogP contribution in [-0.2, 0) is 0 Å². The number of nitrogens with zero attached hydrogens (tertiary/aromatic N) is 1. The highest BCUT2D eigenvalue weighted by Crippen LogP contribution is 2.15. The van der Waals surface area contributed by atoms with Crippen LogP contribution in [0.4, 0.5) is 0 Å².